The Morgan fingerprint density at radius 2 is 2.07 bits per heavy atom. The number of hydrogen-bond donors (Lipinski definition) is 0. The fraction of sp³-hybridized carbons (Fsp3) is 0.667. The average Bonchev–Trinajstić information content (AvgIpc) is 2.48. The molecule has 0 saturated carbocycles. The number of rotatable bonds is 3. The van der Waals surface area contributed by atoms with Crippen LogP contribution in [0.25, 0.3) is 0 Å². The Labute approximate surface area is 95.7 Å². The Hall–Kier alpha value is -0.700. The molecule has 0 spiro atoms. The molecule has 0 radical (unpaired) electrons. The Kier molecular flexibility index (Phi) is 3.66. The first-order valence-corrected chi connectivity index (χ1v) is 6.18. The van der Waals surface area contributed by atoms with Crippen molar-refractivity contribution in [3.8, 4) is 0 Å². The fourth-order valence-electron chi connectivity index (χ4n) is 1.20. The lowest BCUT2D eigenvalue weighted by Gasteiger charge is -2.14. The summed E-state index contributed by atoms with van der Waals surface area (Å²) in [5, 5.41) is 2.65. The minimum atomic E-state index is 0.0346. The van der Waals surface area contributed by atoms with E-state index in [0.29, 0.717) is 17.3 Å². The number of Topliss-reactive ketones (excluding diaryl/α,β-unsaturated/α-hetero) is 1. The highest BCUT2D eigenvalue weighted by molar-refractivity contribution is 7.11. The number of carbonyl (C=O) groups is 1. The molecule has 0 amide bonds. The normalized spacial score (nSPS) is 12.1. The summed E-state index contributed by atoms with van der Waals surface area (Å²) in [5.74, 6) is 0.574. The summed E-state index contributed by atoms with van der Waals surface area (Å²) in [6.07, 6.45) is 0.594. The van der Waals surface area contributed by atoms with Crippen LogP contribution in [0, 0.1) is 5.92 Å². The minimum Gasteiger partial charge on any atom is -0.292 e. The van der Waals surface area contributed by atoms with Crippen LogP contribution < -0.4 is 0 Å². The van der Waals surface area contributed by atoms with E-state index in [4.69, 9.17) is 0 Å². The lowest BCUT2D eigenvalue weighted by atomic mass is 9.93. The van der Waals surface area contributed by atoms with Crippen molar-refractivity contribution < 1.29 is 4.79 Å². The van der Waals surface area contributed by atoms with Gasteiger partial charge in [0.25, 0.3) is 0 Å². The molecule has 0 N–H and O–H groups in total. The molecule has 0 aromatic carbocycles. The third kappa shape index (κ3) is 3.42. The molecular weight excluding hydrogens is 206 g/mol. The second-order valence-electron chi connectivity index (χ2n) is 5.31. The zero-order valence-electron chi connectivity index (χ0n) is 10.1. The van der Waals surface area contributed by atoms with Gasteiger partial charge >= 0.3 is 0 Å². The van der Waals surface area contributed by atoms with Gasteiger partial charge in [-0.25, -0.2) is 4.98 Å². The second kappa shape index (κ2) is 4.44. The van der Waals surface area contributed by atoms with E-state index in [9.17, 15) is 4.79 Å². The van der Waals surface area contributed by atoms with Gasteiger partial charge in [0.1, 0.15) is 0 Å². The SMILES string of the molecule is CC(C)CC(=O)c1nc(C(C)(C)C)cs1. The van der Waals surface area contributed by atoms with E-state index in [1.54, 1.807) is 0 Å². The quantitative estimate of drug-likeness (QED) is 0.735. The maximum atomic E-state index is 11.7. The molecule has 15 heavy (non-hydrogen) atoms. The van der Waals surface area contributed by atoms with E-state index in [-0.39, 0.29) is 11.2 Å². The van der Waals surface area contributed by atoms with E-state index < -0.39 is 0 Å². The molecule has 0 aliphatic rings. The van der Waals surface area contributed by atoms with Crippen molar-refractivity contribution in [3.05, 3.63) is 16.1 Å². The van der Waals surface area contributed by atoms with Crippen molar-refractivity contribution in [3.63, 3.8) is 0 Å². The van der Waals surface area contributed by atoms with E-state index in [1.807, 2.05) is 5.38 Å². The van der Waals surface area contributed by atoms with Crippen LogP contribution >= 0.6 is 11.3 Å². The maximum absolute atomic E-state index is 11.7. The van der Waals surface area contributed by atoms with Gasteiger partial charge in [-0.3, -0.25) is 4.79 Å². The Morgan fingerprint density at radius 1 is 1.47 bits per heavy atom. The number of carbonyl (C=O) groups excluding carboxylic acids is 1. The highest BCUT2D eigenvalue weighted by Crippen LogP contribution is 2.24. The van der Waals surface area contributed by atoms with Crippen LogP contribution in [-0.4, -0.2) is 10.8 Å². The molecule has 0 bridgehead atoms. The molecule has 1 aromatic rings. The van der Waals surface area contributed by atoms with Crippen LogP contribution in [0.15, 0.2) is 5.38 Å². The molecule has 0 aliphatic heterocycles. The van der Waals surface area contributed by atoms with Crippen LogP contribution in [0.3, 0.4) is 0 Å². The van der Waals surface area contributed by atoms with Gasteiger partial charge in [-0.05, 0) is 5.92 Å². The summed E-state index contributed by atoms with van der Waals surface area (Å²) in [5.41, 5.74) is 1.05. The first-order valence-electron chi connectivity index (χ1n) is 5.30. The van der Waals surface area contributed by atoms with Gasteiger partial charge in [-0.1, -0.05) is 34.6 Å². The summed E-state index contributed by atoms with van der Waals surface area (Å²) in [4.78, 5) is 16.1. The van der Waals surface area contributed by atoms with E-state index >= 15 is 0 Å². The van der Waals surface area contributed by atoms with Crippen LogP contribution in [0.5, 0.6) is 0 Å². The van der Waals surface area contributed by atoms with Crippen LogP contribution in [0.2, 0.25) is 0 Å². The summed E-state index contributed by atoms with van der Waals surface area (Å²) < 4.78 is 0. The molecule has 1 heterocycles. The van der Waals surface area contributed by atoms with Crippen LogP contribution in [-0.2, 0) is 5.41 Å². The first-order chi connectivity index (χ1) is 6.80. The molecule has 1 rings (SSSR count). The molecule has 1 aromatic heterocycles. The lowest BCUT2D eigenvalue weighted by molar-refractivity contribution is 0.0967. The molecule has 84 valence electrons. The third-order valence-corrected chi connectivity index (χ3v) is 2.99. The number of thiazole rings is 1. The van der Waals surface area contributed by atoms with Gasteiger partial charge < -0.3 is 0 Å². The number of hydrogen-bond acceptors (Lipinski definition) is 3. The van der Waals surface area contributed by atoms with Crippen molar-refractivity contribution in [2.45, 2.75) is 46.5 Å². The number of nitrogens with zero attached hydrogens (tertiary/aromatic N) is 1. The standard InChI is InChI=1S/C12H19NOS/c1-8(2)6-9(14)11-13-10(7-15-11)12(3,4)5/h7-8H,6H2,1-5H3. The van der Waals surface area contributed by atoms with Gasteiger partial charge in [0, 0.05) is 17.2 Å². The Morgan fingerprint density at radius 3 is 2.47 bits per heavy atom. The van der Waals surface area contributed by atoms with E-state index in [1.165, 1.54) is 11.3 Å². The first kappa shape index (κ1) is 12.4. The largest absolute Gasteiger partial charge is 0.292 e. The fourth-order valence-corrected chi connectivity index (χ4v) is 2.20. The van der Waals surface area contributed by atoms with Crippen molar-refractivity contribution in [2.24, 2.45) is 5.92 Å². The van der Waals surface area contributed by atoms with Gasteiger partial charge in [0.2, 0.25) is 0 Å². The highest BCUT2D eigenvalue weighted by Gasteiger charge is 2.20. The third-order valence-electron chi connectivity index (χ3n) is 2.10. The molecular formula is C12H19NOS. The van der Waals surface area contributed by atoms with Gasteiger partial charge in [-0.2, -0.15) is 0 Å². The second-order valence-corrected chi connectivity index (χ2v) is 6.17. The molecule has 2 nitrogen and oxygen atoms in total. The topological polar surface area (TPSA) is 30.0 Å². The van der Waals surface area contributed by atoms with Crippen molar-refractivity contribution in [1.82, 2.24) is 4.98 Å². The molecule has 0 fully saturated rings. The predicted molar refractivity (Wildman–Crippen MR) is 64.6 cm³/mol. The highest BCUT2D eigenvalue weighted by atomic mass is 32.1. The van der Waals surface area contributed by atoms with Crippen molar-refractivity contribution in [1.29, 1.82) is 0 Å². The van der Waals surface area contributed by atoms with Crippen LogP contribution in [0.1, 0.15) is 56.5 Å². The van der Waals surface area contributed by atoms with Crippen LogP contribution in [0.4, 0.5) is 0 Å². The van der Waals surface area contributed by atoms with Crippen molar-refractivity contribution >= 4 is 17.1 Å². The minimum absolute atomic E-state index is 0.0346. The Balaban J connectivity index is 2.81. The number of aromatic nitrogens is 1. The predicted octanol–water partition coefficient (Wildman–Crippen LogP) is 3.67. The Bertz CT molecular complexity index is 347. The van der Waals surface area contributed by atoms with E-state index in [2.05, 4.69) is 39.6 Å². The number of ketones is 1. The maximum Gasteiger partial charge on any atom is 0.191 e. The molecule has 0 aliphatic carbocycles. The molecule has 0 atom stereocenters. The summed E-state index contributed by atoms with van der Waals surface area (Å²) in [6, 6.07) is 0. The summed E-state index contributed by atoms with van der Waals surface area (Å²) in [7, 11) is 0. The molecule has 3 heteroatoms. The van der Waals surface area contributed by atoms with Gasteiger partial charge in [0.15, 0.2) is 10.8 Å². The van der Waals surface area contributed by atoms with Gasteiger partial charge in [0.05, 0.1) is 5.69 Å². The summed E-state index contributed by atoms with van der Waals surface area (Å²) in [6.45, 7) is 10.4. The smallest absolute Gasteiger partial charge is 0.191 e. The summed E-state index contributed by atoms with van der Waals surface area (Å²) >= 11 is 1.47. The molecule has 0 unspecified atom stereocenters. The zero-order chi connectivity index (χ0) is 11.6. The average molecular weight is 225 g/mol. The van der Waals surface area contributed by atoms with Crippen molar-refractivity contribution in [2.75, 3.05) is 0 Å². The lowest BCUT2D eigenvalue weighted by Crippen LogP contribution is -2.12. The van der Waals surface area contributed by atoms with Gasteiger partial charge in [-0.15, -0.1) is 11.3 Å². The monoisotopic (exact) mass is 225 g/mol. The molecule has 0 saturated heterocycles. The zero-order valence-corrected chi connectivity index (χ0v) is 10.9. The van der Waals surface area contributed by atoms with E-state index in [0.717, 1.165) is 5.69 Å².